The van der Waals surface area contributed by atoms with Gasteiger partial charge in [0, 0.05) is 29.9 Å². The number of H-pyrrole nitrogens is 1. The van der Waals surface area contributed by atoms with Crippen molar-refractivity contribution < 1.29 is 4.79 Å². The average molecular weight is 327 g/mol. The molecule has 1 N–H and O–H groups in total. The summed E-state index contributed by atoms with van der Waals surface area (Å²) in [6.07, 6.45) is 4.19. The van der Waals surface area contributed by atoms with Crippen molar-refractivity contribution in [1.82, 2.24) is 4.98 Å². The fraction of sp³-hybridized carbons (Fsp3) is 0.308. The van der Waals surface area contributed by atoms with Crippen LogP contribution in [0.5, 0.6) is 0 Å². The Balaban J connectivity index is 2.12. The van der Waals surface area contributed by atoms with Crippen molar-refractivity contribution in [2.75, 3.05) is 4.43 Å². The Kier molecular flexibility index (Phi) is 3.98. The van der Waals surface area contributed by atoms with E-state index in [0.29, 0.717) is 18.6 Å². The van der Waals surface area contributed by atoms with Gasteiger partial charge in [0.15, 0.2) is 0 Å². The number of aromatic amines is 1. The number of hydrogen-bond acceptors (Lipinski definition) is 1. The average Bonchev–Trinajstić information content (AvgIpc) is 2.70. The van der Waals surface area contributed by atoms with Gasteiger partial charge in [0.2, 0.25) is 0 Å². The molecule has 1 aromatic carbocycles. The quantitative estimate of drug-likeness (QED) is 0.662. The van der Waals surface area contributed by atoms with Crippen LogP contribution in [0.1, 0.15) is 18.4 Å². The van der Waals surface area contributed by atoms with Crippen LogP contribution in [0.3, 0.4) is 0 Å². The summed E-state index contributed by atoms with van der Waals surface area (Å²) in [7, 11) is 0. The largest absolute Gasteiger partial charge is 0.361 e. The van der Waals surface area contributed by atoms with E-state index in [0.717, 1.165) is 21.9 Å². The van der Waals surface area contributed by atoms with Crippen molar-refractivity contribution in [2.45, 2.75) is 19.3 Å². The van der Waals surface area contributed by atoms with Gasteiger partial charge in [0.25, 0.3) is 0 Å². The van der Waals surface area contributed by atoms with Crippen LogP contribution in [0.15, 0.2) is 30.5 Å². The van der Waals surface area contributed by atoms with Crippen molar-refractivity contribution in [1.29, 1.82) is 0 Å². The lowest BCUT2D eigenvalue weighted by molar-refractivity contribution is -0.118. The number of alkyl halides is 1. The van der Waals surface area contributed by atoms with Gasteiger partial charge in [-0.3, -0.25) is 4.79 Å². The maximum atomic E-state index is 11.7. The standard InChI is InChI=1S/C13H14INO/c14-7-3-4-11(16)8-10-9-15-13-6-2-1-5-12(10)13/h1-2,5-6,9,15H,3-4,7-8H2. The third-order valence-electron chi connectivity index (χ3n) is 2.65. The monoisotopic (exact) mass is 327 g/mol. The molecule has 0 radical (unpaired) electrons. The fourth-order valence-electron chi connectivity index (χ4n) is 1.84. The predicted molar refractivity (Wildman–Crippen MR) is 75.1 cm³/mol. The number of fused-ring (bicyclic) bond motifs is 1. The fourth-order valence-corrected chi connectivity index (χ4v) is 2.22. The SMILES string of the molecule is O=C(CCCI)Cc1c[nH]c2ccccc12. The molecule has 0 aliphatic carbocycles. The highest BCUT2D eigenvalue weighted by Crippen LogP contribution is 2.18. The lowest BCUT2D eigenvalue weighted by Gasteiger charge is -1.98. The van der Waals surface area contributed by atoms with E-state index in [1.165, 1.54) is 5.39 Å². The third kappa shape index (κ3) is 2.64. The molecule has 2 nitrogen and oxygen atoms in total. The topological polar surface area (TPSA) is 32.9 Å². The van der Waals surface area contributed by atoms with Gasteiger partial charge in [-0.2, -0.15) is 0 Å². The van der Waals surface area contributed by atoms with Crippen molar-refractivity contribution >= 4 is 39.3 Å². The lowest BCUT2D eigenvalue weighted by atomic mass is 10.1. The highest BCUT2D eigenvalue weighted by molar-refractivity contribution is 14.1. The second-order valence-corrected chi connectivity index (χ2v) is 4.95. The first-order chi connectivity index (χ1) is 7.81. The Hall–Kier alpha value is -0.840. The summed E-state index contributed by atoms with van der Waals surface area (Å²) in [5.74, 6) is 0.335. The van der Waals surface area contributed by atoms with Gasteiger partial charge in [0.05, 0.1) is 0 Å². The van der Waals surface area contributed by atoms with Gasteiger partial charge >= 0.3 is 0 Å². The van der Waals surface area contributed by atoms with Gasteiger partial charge in [-0.15, -0.1) is 0 Å². The number of carbonyl (C=O) groups excluding carboxylic acids is 1. The Bertz CT molecular complexity index is 489. The molecular weight excluding hydrogens is 313 g/mol. The summed E-state index contributed by atoms with van der Waals surface area (Å²) in [6, 6.07) is 8.11. The first-order valence-corrected chi connectivity index (χ1v) is 6.96. The van der Waals surface area contributed by atoms with E-state index >= 15 is 0 Å². The number of Topliss-reactive ketones (excluding diaryl/α,β-unsaturated/α-hetero) is 1. The molecule has 1 heterocycles. The van der Waals surface area contributed by atoms with Crippen molar-refractivity contribution in [3.63, 3.8) is 0 Å². The summed E-state index contributed by atoms with van der Waals surface area (Å²) in [5.41, 5.74) is 2.23. The molecule has 0 saturated carbocycles. The third-order valence-corrected chi connectivity index (χ3v) is 3.41. The minimum atomic E-state index is 0.335. The first kappa shape index (κ1) is 11.6. The number of nitrogens with one attached hydrogen (secondary N) is 1. The molecule has 3 heteroatoms. The zero-order valence-corrected chi connectivity index (χ0v) is 11.2. The second kappa shape index (κ2) is 5.48. The molecular formula is C13H14INO. The number of halogens is 1. The number of benzene rings is 1. The summed E-state index contributed by atoms with van der Waals surface area (Å²) in [4.78, 5) is 14.9. The molecule has 1 aromatic heterocycles. The summed E-state index contributed by atoms with van der Waals surface area (Å²) in [6.45, 7) is 0. The molecule has 0 aliphatic heterocycles. The Morgan fingerprint density at radius 1 is 1.31 bits per heavy atom. The first-order valence-electron chi connectivity index (χ1n) is 5.44. The molecule has 0 spiro atoms. The summed E-state index contributed by atoms with van der Waals surface area (Å²) in [5, 5.41) is 1.17. The van der Waals surface area contributed by atoms with Gasteiger partial charge in [-0.25, -0.2) is 0 Å². The zero-order chi connectivity index (χ0) is 11.4. The van der Waals surface area contributed by atoms with Crippen LogP contribution in [0, 0.1) is 0 Å². The van der Waals surface area contributed by atoms with E-state index in [1.807, 2.05) is 24.4 Å². The number of rotatable bonds is 5. The van der Waals surface area contributed by atoms with E-state index < -0.39 is 0 Å². The van der Waals surface area contributed by atoms with Gasteiger partial charge in [0.1, 0.15) is 5.78 Å². The Morgan fingerprint density at radius 2 is 2.12 bits per heavy atom. The lowest BCUT2D eigenvalue weighted by Crippen LogP contribution is -2.02. The van der Waals surface area contributed by atoms with Crippen molar-refractivity contribution in [2.24, 2.45) is 0 Å². The maximum Gasteiger partial charge on any atom is 0.137 e. The number of para-hydroxylation sites is 1. The zero-order valence-electron chi connectivity index (χ0n) is 9.00. The van der Waals surface area contributed by atoms with Crippen LogP contribution < -0.4 is 0 Å². The van der Waals surface area contributed by atoms with Gasteiger partial charge in [-0.05, 0) is 22.5 Å². The van der Waals surface area contributed by atoms with Crippen LogP contribution in [-0.4, -0.2) is 15.2 Å². The van der Waals surface area contributed by atoms with E-state index in [-0.39, 0.29) is 0 Å². The minimum Gasteiger partial charge on any atom is -0.361 e. The van der Waals surface area contributed by atoms with E-state index in [9.17, 15) is 4.79 Å². The Morgan fingerprint density at radius 3 is 2.94 bits per heavy atom. The van der Waals surface area contributed by atoms with Crippen LogP contribution in [0.2, 0.25) is 0 Å². The molecule has 16 heavy (non-hydrogen) atoms. The minimum absolute atomic E-state index is 0.335. The number of hydrogen-bond donors (Lipinski definition) is 1. The molecule has 0 fully saturated rings. The van der Waals surface area contributed by atoms with Gasteiger partial charge < -0.3 is 4.98 Å². The molecule has 0 amide bonds. The number of carbonyl (C=O) groups is 1. The molecule has 0 atom stereocenters. The predicted octanol–water partition coefficient (Wildman–Crippen LogP) is 3.49. The molecule has 0 saturated heterocycles. The van der Waals surface area contributed by atoms with E-state index in [1.54, 1.807) is 0 Å². The van der Waals surface area contributed by atoms with Crippen LogP contribution in [-0.2, 0) is 11.2 Å². The molecule has 0 unspecified atom stereocenters. The van der Waals surface area contributed by atoms with Crippen molar-refractivity contribution in [3.8, 4) is 0 Å². The van der Waals surface area contributed by atoms with Crippen LogP contribution in [0.25, 0.3) is 10.9 Å². The van der Waals surface area contributed by atoms with Gasteiger partial charge in [-0.1, -0.05) is 40.8 Å². The Labute approximate surface area is 109 Å². The highest BCUT2D eigenvalue weighted by Gasteiger charge is 2.07. The summed E-state index contributed by atoms with van der Waals surface area (Å²) < 4.78 is 1.05. The van der Waals surface area contributed by atoms with Crippen molar-refractivity contribution in [3.05, 3.63) is 36.0 Å². The number of aromatic nitrogens is 1. The molecule has 2 rings (SSSR count). The smallest absolute Gasteiger partial charge is 0.137 e. The molecule has 2 aromatic rings. The highest BCUT2D eigenvalue weighted by atomic mass is 127. The second-order valence-electron chi connectivity index (χ2n) is 3.87. The normalized spacial score (nSPS) is 10.8. The van der Waals surface area contributed by atoms with Crippen LogP contribution >= 0.6 is 22.6 Å². The van der Waals surface area contributed by atoms with E-state index in [4.69, 9.17) is 0 Å². The van der Waals surface area contributed by atoms with Crippen LogP contribution in [0.4, 0.5) is 0 Å². The summed E-state index contributed by atoms with van der Waals surface area (Å²) >= 11 is 2.31. The molecule has 0 bridgehead atoms. The van der Waals surface area contributed by atoms with E-state index in [2.05, 4.69) is 33.6 Å². The molecule has 84 valence electrons. The molecule has 0 aliphatic rings. The number of ketones is 1. The maximum absolute atomic E-state index is 11.7.